The SMILES string of the molecule is CN=Cc1ccc(Cc2cc3scnc3c(-c3cccc(Cl)c3)c2F)cn1. The number of aromatic nitrogens is 2. The third-order valence-corrected chi connectivity index (χ3v) is 5.27. The Hall–Kier alpha value is -2.63. The first-order chi connectivity index (χ1) is 13.2. The lowest BCUT2D eigenvalue weighted by atomic mass is 9.97. The van der Waals surface area contributed by atoms with E-state index < -0.39 is 0 Å². The van der Waals surface area contributed by atoms with Crippen molar-refractivity contribution in [2.45, 2.75) is 6.42 Å². The Balaban J connectivity index is 1.81. The molecule has 27 heavy (non-hydrogen) atoms. The molecule has 0 spiro atoms. The molecule has 6 heteroatoms. The molecule has 0 aliphatic carbocycles. The van der Waals surface area contributed by atoms with Gasteiger partial charge in [-0.2, -0.15) is 0 Å². The molecule has 0 atom stereocenters. The minimum atomic E-state index is -0.269. The van der Waals surface area contributed by atoms with Crippen LogP contribution in [0.3, 0.4) is 0 Å². The van der Waals surface area contributed by atoms with Gasteiger partial charge >= 0.3 is 0 Å². The van der Waals surface area contributed by atoms with Crippen LogP contribution in [0.2, 0.25) is 5.02 Å². The molecule has 0 fully saturated rings. The van der Waals surface area contributed by atoms with Crippen LogP contribution in [0.25, 0.3) is 21.3 Å². The molecule has 0 aliphatic heterocycles. The number of thiazole rings is 1. The topological polar surface area (TPSA) is 38.1 Å². The smallest absolute Gasteiger partial charge is 0.136 e. The number of pyridine rings is 1. The van der Waals surface area contributed by atoms with Gasteiger partial charge in [-0.15, -0.1) is 11.3 Å². The number of nitrogens with zero attached hydrogens (tertiary/aromatic N) is 3. The number of fused-ring (bicyclic) bond motifs is 1. The molecule has 2 aromatic heterocycles. The highest BCUT2D eigenvalue weighted by atomic mass is 35.5. The van der Waals surface area contributed by atoms with Gasteiger partial charge in [0.1, 0.15) is 5.82 Å². The van der Waals surface area contributed by atoms with Gasteiger partial charge in [-0.25, -0.2) is 9.37 Å². The third kappa shape index (κ3) is 3.61. The lowest BCUT2D eigenvalue weighted by molar-refractivity contribution is 0.619. The van der Waals surface area contributed by atoms with Crippen LogP contribution in [0.15, 0.2) is 59.2 Å². The van der Waals surface area contributed by atoms with Gasteiger partial charge in [0.05, 0.1) is 21.4 Å². The Morgan fingerprint density at radius 2 is 2.07 bits per heavy atom. The standard InChI is InChI=1S/C21H15ClFN3S/c1-24-11-17-6-5-13(10-25-17)7-15-9-18-21(26-12-27-18)19(20(15)23)14-3-2-4-16(22)8-14/h2-6,8-12H,7H2,1H3. The Bertz CT molecular complexity index is 1140. The average molecular weight is 396 g/mol. The number of halogens is 2. The molecule has 0 bridgehead atoms. The molecule has 0 radical (unpaired) electrons. The molecule has 3 nitrogen and oxygen atoms in total. The van der Waals surface area contributed by atoms with E-state index in [2.05, 4.69) is 15.0 Å². The fraction of sp³-hybridized carbons (Fsp3) is 0.0952. The van der Waals surface area contributed by atoms with E-state index in [1.807, 2.05) is 30.3 Å². The number of rotatable bonds is 4. The Kier molecular flexibility index (Phi) is 4.97. The second-order valence-electron chi connectivity index (χ2n) is 6.09. The zero-order valence-corrected chi connectivity index (χ0v) is 16.1. The highest BCUT2D eigenvalue weighted by molar-refractivity contribution is 7.16. The van der Waals surface area contributed by atoms with E-state index in [9.17, 15) is 0 Å². The number of benzene rings is 2. The molecule has 2 heterocycles. The summed E-state index contributed by atoms with van der Waals surface area (Å²) in [5.74, 6) is -0.269. The van der Waals surface area contributed by atoms with Crippen LogP contribution in [0.1, 0.15) is 16.8 Å². The molecule has 0 saturated carbocycles. The fourth-order valence-corrected chi connectivity index (χ4v) is 3.98. The van der Waals surface area contributed by atoms with Crippen molar-refractivity contribution in [2.75, 3.05) is 7.05 Å². The number of hydrogen-bond acceptors (Lipinski definition) is 4. The maximum absolute atomic E-state index is 15.5. The van der Waals surface area contributed by atoms with Crippen molar-refractivity contribution in [2.24, 2.45) is 4.99 Å². The summed E-state index contributed by atoms with van der Waals surface area (Å²) in [7, 11) is 1.70. The van der Waals surface area contributed by atoms with E-state index in [0.29, 0.717) is 28.1 Å². The molecule has 0 N–H and O–H groups in total. The first-order valence-corrected chi connectivity index (χ1v) is 9.59. The Labute approximate surface area is 165 Å². The van der Waals surface area contributed by atoms with Crippen LogP contribution >= 0.6 is 22.9 Å². The lowest BCUT2D eigenvalue weighted by Gasteiger charge is -2.11. The van der Waals surface area contributed by atoms with Crippen LogP contribution in [-0.2, 0) is 6.42 Å². The molecule has 0 aliphatic rings. The maximum Gasteiger partial charge on any atom is 0.136 e. The number of hydrogen-bond donors (Lipinski definition) is 0. The predicted molar refractivity (Wildman–Crippen MR) is 111 cm³/mol. The summed E-state index contributed by atoms with van der Waals surface area (Å²) in [6.07, 6.45) is 3.89. The maximum atomic E-state index is 15.5. The van der Waals surface area contributed by atoms with Gasteiger partial charge in [0, 0.05) is 36.5 Å². The van der Waals surface area contributed by atoms with Crippen molar-refractivity contribution in [3.8, 4) is 11.1 Å². The van der Waals surface area contributed by atoms with Gasteiger partial charge in [-0.1, -0.05) is 29.8 Å². The van der Waals surface area contributed by atoms with Gasteiger partial charge < -0.3 is 0 Å². The van der Waals surface area contributed by atoms with E-state index in [4.69, 9.17) is 11.6 Å². The molecule has 134 valence electrons. The molecular weight excluding hydrogens is 381 g/mol. The largest absolute Gasteiger partial charge is 0.294 e. The predicted octanol–water partition coefficient (Wildman–Crippen LogP) is 5.79. The highest BCUT2D eigenvalue weighted by Crippen LogP contribution is 2.36. The van der Waals surface area contributed by atoms with Gasteiger partial charge in [0.2, 0.25) is 0 Å². The van der Waals surface area contributed by atoms with E-state index in [1.165, 1.54) is 11.3 Å². The molecule has 0 unspecified atom stereocenters. The first kappa shape index (κ1) is 17.8. The van der Waals surface area contributed by atoms with Crippen molar-refractivity contribution in [1.82, 2.24) is 9.97 Å². The summed E-state index contributed by atoms with van der Waals surface area (Å²) >= 11 is 7.62. The van der Waals surface area contributed by atoms with Crippen molar-refractivity contribution >= 4 is 39.4 Å². The second-order valence-corrected chi connectivity index (χ2v) is 7.41. The summed E-state index contributed by atoms with van der Waals surface area (Å²) in [6.45, 7) is 0. The van der Waals surface area contributed by atoms with Crippen LogP contribution in [0, 0.1) is 5.82 Å². The van der Waals surface area contributed by atoms with Gasteiger partial charge in [0.15, 0.2) is 0 Å². The second kappa shape index (κ2) is 7.55. The summed E-state index contributed by atoms with van der Waals surface area (Å²) in [5.41, 5.74) is 5.95. The van der Waals surface area contributed by atoms with Crippen molar-refractivity contribution in [1.29, 1.82) is 0 Å². The van der Waals surface area contributed by atoms with Crippen molar-refractivity contribution < 1.29 is 4.39 Å². The van der Waals surface area contributed by atoms with Crippen LogP contribution in [-0.4, -0.2) is 23.2 Å². The van der Waals surface area contributed by atoms with Crippen LogP contribution in [0.4, 0.5) is 4.39 Å². The van der Waals surface area contributed by atoms with Crippen LogP contribution < -0.4 is 0 Å². The van der Waals surface area contributed by atoms with Crippen LogP contribution in [0.5, 0.6) is 0 Å². The molecule has 2 aromatic carbocycles. The zero-order valence-electron chi connectivity index (χ0n) is 14.5. The minimum Gasteiger partial charge on any atom is -0.294 e. The summed E-state index contributed by atoms with van der Waals surface area (Å²) < 4.78 is 16.4. The normalized spacial score (nSPS) is 11.5. The quantitative estimate of drug-likeness (QED) is 0.410. The summed E-state index contributed by atoms with van der Waals surface area (Å²) in [6, 6.07) is 12.9. The third-order valence-electron chi connectivity index (χ3n) is 4.26. The van der Waals surface area contributed by atoms with Gasteiger partial charge in [-0.3, -0.25) is 9.98 Å². The molecule has 0 amide bonds. The average Bonchev–Trinajstić information content (AvgIpc) is 3.12. The highest BCUT2D eigenvalue weighted by Gasteiger charge is 2.18. The van der Waals surface area contributed by atoms with Crippen molar-refractivity contribution in [3.63, 3.8) is 0 Å². The van der Waals surface area contributed by atoms with E-state index >= 15 is 4.39 Å². The van der Waals surface area contributed by atoms with E-state index in [0.717, 1.165) is 21.5 Å². The zero-order chi connectivity index (χ0) is 18.8. The van der Waals surface area contributed by atoms with E-state index in [-0.39, 0.29) is 5.82 Å². The monoisotopic (exact) mass is 395 g/mol. The lowest BCUT2D eigenvalue weighted by Crippen LogP contribution is -1.98. The fourth-order valence-electron chi connectivity index (χ4n) is 3.04. The van der Waals surface area contributed by atoms with Gasteiger partial charge in [-0.05, 0) is 41.0 Å². The van der Waals surface area contributed by atoms with Gasteiger partial charge in [0.25, 0.3) is 0 Å². The molecule has 4 rings (SSSR count). The minimum absolute atomic E-state index is 0.269. The Morgan fingerprint density at radius 1 is 1.19 bits per heavy atom. The molecule has 4 aromatic rings. The number of aliphatic imine (C=N–C) groups is 1. The molecule has 0 saturated heterocycles. The summed E-state index contributed by atoms with van der Waals surface area (Å²) in [5, 5.41) is 0.568. The molecular formula is C21H15ClFN3S. The van der Waals surface area contributed by atoms with E-state index in [1.54, 1.807) is 37.1 Å². The van der Waals surface area contributed by atoms with Crippen molar-refractivity contribution in [3.05, 3.63) is 81.8 Å². The summed E-state index contributed by atoms with van der Waals surface area (Å²) in [4.78, 5) is 12.7. The first-order valence-electron chi connectivity index (χ1n) is 8.33. The Morgan fingerprint density at radius 3 is 2.81 bits per heavy atom.